The van der Waals surface area contributed by atoms with Gasteiger partial charge in [-0.1, -0.05) is 106 Å². The highest BCUT2D eigenvalue weighted by atomic mass is 16.5. The third kappa shape index (κ3) is 3.92. The van der Waals surface area contributed by atoms with E-state index in [1.807, 2.05) is 12.4 Å². The van der Waals surface area contributed by atoms with Crippen LogP contribution in [0.25, 0.3) is 54.2 Å². The molecule has 0 aliphatic heterocycles. The average molecular weight is 504 g/mol. The molecule has 7 rings (SSSR count). The summed E-state index contributed by atoms with van der Waals surface area (Å²) in [6.45, 7) is 6.68. The van der Waals surface area contributed by atoms with Gasteiger partial charge in [-0.25, -0.2) is 0 Å². The predicted molar refractivity (Wildman–Crippen MR) is 165 cm³/mol. The number of ether oxygens (including phenoxy) is 1. The van der Waals surface area contributed by atoms with E-state index < -0.39 is 0 Å². The Hall–Kier alpha value is -4.69. The van der Waals surface area contributed by atoms with Gasteiger partial charge in [0.15, 0.2) is 0 Å². The van der Waals surface area contributed by atoms with Gasteiger partial charge in [-0.15, -0.1) is 0 Å². The number of hydrogen-bond acceptors (Lipinski definition) is 2. The molecule has 2 nitrogen and oxygen atoms in total. The minimum atomic E-state index is 0.0911. The van der Waals surface area contributed by atoms with Crippen molar-refractivity contribution >= 4 is 43.1 Å². The fraction of sp³-hybridized carbons (Fsp3) is 0.108. The van der Waals surface area contributed by atoms with Gasteiger partial charge in [0, 0.05) is 28.6 Å². The van der Waals surface area contributed by atoms with Gasteiger partial charge in [0.2, 0.25) is 0 Å². The van der Waals surface area contributed by atoms with Crippen molar-refractivity contribution in [1.82, 2.24) is 4.98 Å². The van der Waals surface area contributed by atoms with Crippen LogP contribution in [-0.2, 0) is 5.41 Å². The molecule has 0 saturated carbocycles. The van der Waals surface area contributed by atoms with Gasteiger partial charge in [0.1, 0.15) is 11.5 Å². The summed E-state index contributed by atoms with van der Waals surface area (Å²) in [5, 5.41) is 9.36. The Kier molecular flexibility index (Phi) is 5.38. The topological polar surface area (TPSA) is 22.1 Å². The van der Waals surface area contributed by atoms with Crippen LogP contribution in [0.3, 0.4) is 0 Å². The van der Waals surface area contributed by atoms with Crippen molar-refractivity contribution in [2.75, 3.05) is 0 Å². The van der Waals surface area contributed by atoms with Crippen LogP contribution in [0.2, 0.25) is 0 Å². The molecule has 188 valence electrons. The van der Waals surface area contributed by atoms with Crippen molar-refractivity contribution in [1.29, 1.82) is 0 Å². The zero-order valence-electron chi connectivity index (χ0n) is 22.4. The lowest BCUT2D eigenvalue weighted by Crippen LogP contribution is -2.10. The highest BCUT2D eigenvalue weighted by molar-refractivity contribution is 6.23. The Labute approximate surface area is 228 Å². The second kappa shape index (κ2) is 8.96. The maximum absolute atomic E-state index is 6.69. The van der Waals surface area contributed by atoms with Crippen LogP contribution in [0.5, 0.6) is 11.5 Å². The number of hydrogen-bond donors (Lipinski definition) is 0. The van der Waals surface area contributed by atoms with Crippen molar-refractivity contribution in [2.45, 2.75) is 26.2 Å². The summed E-state index contributed by atoms with van der Waals surface area (Å²) < 4.78 is 6.69. The molecule has 0 spiro atoms. The molecule has 6 aromatic carbocycles. The molecule has 39 heavy (non-hydrogen) atoms. The van der Waals surface area contributed by atoms with E-state index >= 15 is 0 Å². The van der Waals surface area contributed by atoms with E-state index in [-0.39, 0.29) is 5.41 Å². The van der Waals surface area contributed by atoms with E-state index in [1.54, 1.807) is 0 Å². The number of rotatable bonds is 3. The zero-order chi connectivity index (χ0) is 26.6. The van der Waals surface area contributed by atoms with Gasteiger partial charge in [-0.3, -0.25) is 4.98 Å². The largest absolute Gasteiger partial charge is 0.456 e. The molecule has 1 heterocycles. The molecule has 0 unspecified atom stereocenters. The van der Waals surface area contributed by atoms with Gasteiger partial charge in [-0.2, -0.15) is 0 Å². The van der Waals surface area contributed by atoms with Gasteiger partial charge in [-0.05, 0) is 73.3 Å². The minimum absolute atomic E-state index is 0.0911. The standard InChI is InChI=1S/C37H29NO/c1-37(2,3)25-16-18-26(19-17-25)39-36-31-15-9-8-14-30(31)35(34-23-38-21-20-32(34)36)33-22-24-10-4-5-11-27(24)28-12-6-7-13-29(28)33/h4-23H,1-3H3. The van der Waals surface area contributed by atoms with Crippen molar-refractivity contribution in [3.05, 3.63) is 127 Å². The maximum Gasteiger partial charge on any atom is 0.143 e. The first kappa shape index (κ1) is 23.4. The highest BCUT2D eigenvalue weighted by Crippen LogP contribution is 2.47. The van der Waals surface area contributed by atoms with Crippen molar-refractivity contribution in [3.8, 4) is 22.6 Å². The summed E-state index contributed by atoms with van der Waals surface area (Å²) in [6.07, 6.45) is 3.84. The summed E-state index contributed by atoms with van der Waals surface area (Å²) >= 11 is 0. The Bertz CT molecular complexity index is 1960. The summed E-state index contributed by atoms with van der Waals surface area (Å²) in [4.78, 5) is 4.58. The molecule has 0 aliphatic rings. The molecular formula is C37H29NO. The van der Waals surface area contributed by atoms with E-state index in [2.05, 4.69) is 135 Å². The van der Waals surface area contributed by atoms with Gasteiger partial charge in [0.05, 0.1) is 0 Å². The van der Waals surface area contributed by atoms with E-state index in [9.17, 15) is 0 Å². The third-order valence-electron chi connectivity index (χ3n) is 7.75. The Morgan fingerprint density at radius 2 is 1.18 bits per heavy atom. The van der Waals surface area contributed by atoms with Crippen molar-refractivity contribution < 1.29 is 4.74 Å². The first-order valence-corrected chi connectivity index (χ1v) is 13.5. The zero-order valence-corrected chi connectivity index (χ0v) is 22.4. The molecule has 7 aromatic rings. The molecule has 0 amide bonds. The number of nitrogens with zero attached hydrogens (tertiary/aromatic N) is 1. The molecule has 0 N–H and O–H groups in total. The molecule has 0 bridgehead atoms. The second-order valence-corrected chi connectivity index (χ2v) is 11.2. The van der Waals surface area contributed by atoms with E-state index in [1.165, 1.54) is 38.2 Å². The number of fused-ring (bicyclic) bond motifs is 5. The fourth-order valence-electron chi connectivity index (χ4n) is 5.78. The first-order valence-electron chi connectivity index (χ1n) is 13.5. The monoisotopic (exact) mass is 503 g/mol. The smallest absolute Gasteiger partial charge is 0.143 e. The van der Waals surface area contributed by atoms with Crippen LogP contribution in [0.4, 0.5) is 0 Å². The van der Waals surface area contributed by atoms with E-state index in [0.717, 1.165) is 33.0 Å². The Morgan fingerprint density at radius 3 is 1.92 bits per heavy atom. The van der Waals surface area contributed by atoms with Crippen LogP contribution in [0.15, 0.2) is 122 Å². The molecular weight excluding hydrogens is 474 g/mol. The van der Waals surface area contributed by atoms with Crippen LogP contribution in [-0.4, -0.2) is 4.98 Å². The van der Waals surface area contributed by atoms with Crippen LogP contribution in [0, 0.1) is 0 Å². The molecule has 0 saturated heterocycles. The molecule has 0 atom stereocenters. The summed E-state index contributed by atoms with van der Waals surface area (Å²) in [5.74, 6) is 1.69. The van der Waals surface area contributed by atoms with Gasteiger partial charge >= 0.3 is 0 Å². The fourth-order valence-corrected chi connectivity index (χ4v) is 5.78. The van der Waals surface area contributed by atoms with Crippen LogP contribution in [0.1, 0.15) is 26.3 Å². The number of benzene rings is 6. The normalized spacial score (nSPS) is 12.0. The molecule has 1 aromatic heterocycles. The predicted octanol–water partition coefficient (Wildman–Crippen LogP) is 10.5. The van der Waals surface area contributed by atoms with Crippen molar-refractivity contribution in [2.24, 2.45) is 0 Å². The summed E-state index contributed by atoms with van der Waals surface area (Å²) in [5.41, 5.74) is 3.77. The lowest BCUT2D eigenvalue weighted by molar-refractivity contribution is 0.492. The lowest BCUT2D eigenvalue weighted by Gasteiger charge is -2.21. The second-order valence-electron chi connectivity index (χ2n) is 11.2. The quantitative estimate of drug-likeness (QED) is 0.177. The van der Waals surface area contributed by atoms with E-state index in [0.29, 0.717) is 0 Å². The highest BCUT2D eigenvalue weighted by Gasteiger charge is 2.20. The Balaban J connectivity index is 1.53. The van der Waals surface area contributed by atoms with Gasteiger partial charge < -0.3 is 4.74 Å². The summed E-state index contributed by atoms with van der Waals surface area (Å²) in [7, 11) is 0. The molecule has 0 aliphatic carbocycles. The van der Waals surface area contributed by atoms with E-state index in [4.69, 9.17) is 4.74 Å². The summed E-state index contributed by atoms with van der Waals surface area (Å²) in [6, 6.07) is 38.8. The van der Waals surface area contributed by atoms with Gasteiger partial charge in [0.25, 0.3) is 0 Å². The van der Waals surface area contributed by atoms with Crippen molar-refractivity contribution in [3.63, 3.8) is 0 Å². The van der Waals surface area contributed by atoms with Crippen LogP contribution >= 0.6 is 0 Å². The first-order chi connectivity index (χ1) is 19.0. The number of aromatic nitrogens is 1. The molecule has 0 radical (unpaired) electrons. The number of pyridine rings is 1. The molecule has 0 fully saturated rings. The Morgan fingerprint density at radius 1 is 0.564 bits per heavy atom. The SMILES string of the molecule is CC(C)(C)c1ccc(Oc2c3ccccc3c(-c3cc4ccccc4c4ccccc34)c3cnccc23)cc1. The van der Waals surface area contributed by atoms with Crippen LogP contribution < -0.4 is 4.74 Å². The third-order valence-corrected chi connectivity index (χ3v) is 7.75. The minimum Gasteiger partial charge on any atom is -0.456 e. The average Bonchev–Trinajstić information content (AvgIpc) is 2.97. The maximum atomic E-state index is 6.69. The lowest BCUT2D eigenvalue weighted by atomic mass is 9.87. The molecule has 2 heteroatoms.